The van der Waals surface area contributed by atoms with Gasteiger partial charge in [0, 0.05) is 11.6 Å². The monoisotopic (exact) mass is 386 g/mol. The first-order chi connectivity index (χ1) is 13.5. The van der Waals surface area contributed by atoms with Gasteiger partial charge < -0.3 is 19.5 Å². The van der Waals surface area contributed by atoms with Crippen molar-refractivity contribution in [1.29, 1.82) is 0 Å². The van der Waals surface area contributed by atoms with Crippen molar-refractivity contribution >= 4 is 17.6 Å². The van der Waals surface area contributed by atoms with E-state index in [9.17, 15) is 19.7 Å². The molecule has 0 aromatic heterocycles. The molecule has 0 saturated carbocycles. The minimum Gasteiger partial charge on any atom is -0.486 e. The molecule has 28 heavy (non-hydrogen) atoms. The van der Waals surface area contributed by atoms with E-state index >= 15 is 0 Å². The first kappa shape index (κ1) is 19.2. The highest BCUT2D eigenvalue weighted by Gasteiger charge is 2.22. The Labute approximate surface area is 160 Å². The van der Waals surface area contributed by atoms with Crippen LogP contribution >= 0.6 is 0 Å². The van der Waals surface area contributed by atoms with Gasteiger partial charge in [0.15, 0.2) is 18.1 Å². The van der Waals surface area contributed by atoms with E-state index in [1.165, 1.54) is 25.1 Å². The van der Waals surface area contributed by atoms with Gasteiger partial charge in [-0.25, -0.2) is 4.79 Å². The van der Waals surface area contributed by atoms with E-state index < -0.39 is 23.4 Å². The number of fused-ring (bicyclic) bond motifs is 1. The van der Waals surface area contributed by atoms with Crippen molar-refractivity contribution in [3.05, 3.63) is 63.7 Å². The second kappa shape index (κ2) is 8.38. The molecule has 1 atom stereocenters. The van der Waals surface area contributed by atoms with Gasteiger partial charge in [-0.2, -0.15) is 0 Å². The largest absolute Gasteiger partial charge is 0.486 e. The number of nitrogens with one attached hydrogen (secondary N) is 1. The van der Waals surface area contributed by atoms with E-state index in [1.54, 1.807) is 12.1 Å². The summed E-state index contributed by atoms with van der Waals surface area (Å²) in [6.45, 7) is 1.41. The minimum absolute atomic E-state index is 0.0441. The van der Waals surface area contributed by atoms with Crippen LogP contribution in [0.2, 0.25) is 0 Å². The molecule has 2 aromatic carbocycles. The lowest BCUT2D eigenvalue weighted by molar-refractivity contribution is -0.385. The number of nitro benzene ring substituents is 1. The molecule has 0 aliphatic carbocycles. The summed E-state index contributed by atoms with van der Waals surface area (Å²) in [4.78, 5) is 34.4. The van der Waals surface area contributed by atoms with Gasteiger partial charge in [-0.3, -0.25) is 14.9 Å². The van der Waals surface area contributed by atoms with Crippen LogP contribution in [-0.2, 0) is 9.53 Å². The molecule has 1 aliphatic rings. The highest BCUT2D eigenvalue weighted by atomic mass is 16.6. The number of carbonyl (C=O) groups excluding carboxylic acids is 2. The number of nitrogens with zero attached hydrogens (tertiary/aromatic N) is 1. The number of hydrogen-bond donors (Lipinski definition) is 1. The van der Waals surface area contributed by atoms with Gasteiger partial charge in [-0.1, -0.05) is 18.2 Å². The average molecular weight is 386 g/mol. The number of carbonyl (C=O) groups is 2. The third-order valence-corrected chi connectivity index (χ3v) is 4.15. The zero-order chi connectivity index (χ0) is 20.1. The molecule has 3 rings (SSSR count). The van der Waals surface area contributed by atoms with Crippen LogP contribution in [0.15, 0.2) is 42.5 Å². The third kappa shape index (κ3) is 4.37. The number of ether oxygens (including phenoxy) is 3. The normalized spacial score (nSPS) is 14.8. The lowest BCUT2D eigenvalue weighted by Crippen LogP contribution is -2.42. The maximum atomic E-state index is 12.1. The second-order valence-electron chi connectivity index (χ2n) is 6.08. The lowest BCUT2D eigenvalue weighted by atomic mass is 10.1. The fraction of sp³-hybridized carbons (Fsp3) is 0.263. The van der Waals surface area contributed by atoms with Crippen LogP contribution in [0.1, 0.15) is 15.9 Å². The number of amides is 1. The second-order valence-corrected chi connectivity index (χ2v) is 6.08. The smallest absolute Gasteiger partial charge is 0.339 e. The molecule has 1 aliphatic heterocycles. The molecule has 1 heterocycles. The fourth-order valence-corrected chi connectivity index (χ4v) is 2.69. The molecule has 0 radical (unpaired) electrons. The number of para-hydroxylation sites is 2. The summed E-state index contributed by atoms with van der Waals surface area (Å²) in [6.07, 6.45) is -0.367. The fourth-order valence-electron chi connectivity index (χ4n) is 2.69. The van der Waals surface area contributed by atoms with Crippen LogP contribution in [-0.4, -0.2) is 42.7 Å². The van der Waals surface area contributed by atoms with Crippen LogP contribution in [0.25, 0.3) is 0 Å². The van der Waals surface area contributed by atoms with E-state index in [0.29, 0.717) is 11.5 Å². The number of rotatable bonds is 6. The summed E-state index contributed by atoms with van der Waals surface area (Å²) in [6, 6.07) is 11.3. The molecule has 146 valence electrons. The third-order valence-electron chi connectivity index (χ3n) is 4.15. The Hall–Kier alpha value is -3.62. The van der Waals surface area contributed by atoms with E-state index in [-0.39, 0.29) is 36.1 Å². The Morgan fingerprint density at radius 2 is 1.96 bits per heavy atom. The van der Waals surface area contributed by atoms with Crippen molar-refractivity contribution in [3.63, 3.8) is 0 Å². The van der Waals surface area contributed by atoms with E-state index in [4.69, 9.17) is 14.2 Å². The van der Waals surface area contributed by atoms with Crippen LogP contribution in [0.5, 0.6) is 11.5 Å². The van der Waals surface area contributed by atoms with Crippen molar-refractivity contribution < 1.29 is 28.7 Å². The first-order valence-electron chi connectivity index (χ1n) is 8.52. The van der Waals surface area contributed by atoms with Crippen molar-refractivity contribution in [2.24, 2.45) is 0 Å². The van der Waals surface area contributed by atoms with Gasteiger partial charge in [-0.15, -0.1) is 0 Å². The highest BCUT2D eigenvalue weighted by Crippen LogP contribution is 2.30. The SMILES string of the molecule is Cc1c(C(=O)OCC(=O)NC[C@H]2COc3ccccc3O2)cccc1[N+](=O)[O-]. The summed E-state index contributed by atoms with van der Waals surface area (Å²) in [5.74, 6) is -0.0756. The van der Waals surface area contributed by atoms with Crippen LogP contribution in [0.3, 0.4) is 0 Å². The number of esters is 1. The molecular weight excluding hydrogens is 368 g/mol. The maximum Gasteiger partial charge on any atom is 0.339 e. The maximum absolute atomic E-state index is 12.1. The van der Waals surface area contributed by atoms with Gasteiger partial charge >= 0.3 is 5.97 Å². The van der Waals surface area contributed by atoms with Gasteiger partial charge in [0.1, 0.15) is 12.7 Å². The Bertz CT molecular complexity index is 913. The molecule has 0 saturated heterocycles. The molecule has 9 nitrogen and oxygen atoms in total. The summed E-state index contributed by atoms with van der Waals surface area (Å²) in [5.41, 5.74) is 0.0422. The molecule has 1 amide bonds. The van der Waals surface area contributed by atoms with Gasteiger partial charge in [0.05, 0.1) is 17.0 Å². The zero-order valence-corrected chi connectivity index (χ0v) is 15.0. The molecule has 1 N–H and O–H groups in total. The number of hydrogen-bond acceptors (Lipinski definition) is 7. The quantitative estimate of drug-likeness (QED) is 0.458. The Balaban J connectivity index is 1.48. The van der Waals surface area contributed by atoms with Gasteiger partial charge in [0.2, 0.25) is 0 Å². The molecule has 0 fully saturated rings. The molecule has 0 unspecified atom stereocenters. The summed E-state index contributed by atoms with van der Waals surface area (Å²) in [5, 5.41) is 13.5. The van der Waals surface area contributed by atoms with Crippen molar-refractivity contribution in [1.82, 2.24) is 5.32 Å². The summed E-state index contributed by atoms with van der Waals surface area (Å²) < 4.78 is 16.2. The average Bonchev–Trinajstić information content (AvgIpc) is 2.70. The zero-order valence-electron chi connectivity index (χ0n) is 15.0. The Kier molecular flexibility index (Phi) is 5.73. The van der Waals surface area contributed by atoms with Gasteiger partial charge in [0.25, 0.3) is 11.6 Å². The molecular formula is C19H18N2O7. The Morgan fingerprint density at radius 3 is 2.71 bits per heavy atom. The molecule has 0 bridgehead atoms. The molecule has 2 aromatic rings. The predicted octanol–water partition coefficient (Wildman–Crippen LogP) is 2.02. The first-order valence-corrected chi connectivity index (χ1v) is 8.52. The molecule has 0 spiro atoms. The lowest BCUT2D eigenvalue weighted by Gasteiger charge is -2.26. The van der Waals surface area contributed by atoms with E-state index in [1.807, 2.05) is 12.1 Å². The number of benzene rings is 2. The Morgan fingerprint density at radius 1 is 1.21 bits per heavy atom. The van der Waals surface area contributed by atoms with Crippen LogP contribution < -0.4 is 14.8 Å². The van der Waals surface area contributed by atoms with Gasteiger partial charge in [-0.05, 0) is 25.1 Å². The topological polar surface area (TPSA) is 117 Å². The van der Waals surface area contributed by atoms with Crippen LogP contribution in [0.4, 0.5) is 5.69 Å². The molecule has 9 heteroatoms. The van der Waals surface area contributed by atoms with E-state index in [2.05, 4.69) is 5.32 Å². The minimum atomic E-state index is -0.803. The summed E-state index contributed by atoms with van der Waals surface area (Å²) in [7, 11) is 0. The van der Waals surface area contributed by atoms with Crippen molar-refractivity contribution in [2.45, 2.75) is 13.0 Å². The number of nitro groups is 1. The van der Waals surface area contributed by atoms with Crippen molar-refractivity contribution in [3.8, 4) is 11.5 Å². The highest BCUT2D eigenvalue weighted by molar-refractivity contribution is 5.93. The van der Waals surface area contributed by atoms with Crippen molar-refractivity contribution in [2.75, 3.05) is 19.8 Å². The van der Waals surface area contributed by atoms with E-state index in [0.717, 1.165) is 0 Å². The summed E-state index contributed by atoms with van der Waals surface area (Å²) >= 11 is 0. The standard InChI is InChI=1S/C19H18N2O7/c1-12-14(5-4-6-15(12)21(24)25)19(23)27-11-18(22)20-9-13-10-26-16-7-2-3-8-17(16)28-13/h2-8,13H,9-11H2,1H3,(H,20,22)/t13-/m0/s1. The predicted molar refractivity (Wildman–Crippen MR) is 97.5 cm³/mol. The van der Waals surface area contributed by atoms with Crippen LogP contribution in [0, 0.1) is 17.0 Å².